The van der Waals surface area contributed by atoms with Gasteiger partial charge in [-0.05, 0) is 61.3 Å². The van der Waals surface area contributed by atoms with Crippen molar-refractivity contribution >= 4 is 5.97 Å². The van der Waals surface area contributed by atoms with Crippen LogP contribution in [0.2, 0.25) is 0 Å². The molecular weight excluding hydrogens is 288 g/mol. The Kier molecular flexibility index (Phi) is 5.51. The van der Waals surface area contributed by atoms with Crippen molar-refractivity contribution in [1.29, 1.82) is 0 Å². The topological polar surface area (TPSA) is 57.5 Å². The SMILES string of the molecule is CC(C=C[C@@H]1[C@H]2[C@H](C)[C@@H](O)[C@H](C)C[C@@H]2C=C[C@@H]1C)=C(C)C(=O)O. The first-order valence-corrected chi connectivity index (χ1v) is 8.69. The minimum Gasteiger partial charge on any atom is -0.478 e. The largest absolute Gasteiger partial charge is 0.478 e. The van der Waals surface area contributed by atoms with E-state index in [1.54, 1.807) is 6.92 Å². The van der Waals surface area contributed by atoms with Crippen molar-refractivity contribution in [3.8, 4) is 0 Å². The Morgan fingerprint density at radius 3 is 2.43 bits per heavy atom. The molecule has 2 aliphatic rings. The summed E-state index contributed by atoms with van der Waals surface area (Å²) in [5.41, 5.74) is 1.19. The first kappa shape index (κ1) is 18.0. The van der Waals surface area contributed by atoms with Crippen LogP contribution >= 0.6 is 0 Å². The molecule has 1 fully saturated rings. The summed E-state index contributed by atoms with van der Waals surface area (Å²) in [6.07, 6.45) is 9.54. The van der Waals surface area contributed by atoms with E-state index in [9.17, 15) is 9.90 Å². The molecule has 0 aromatic heterocycles. The maximum atomic E-state index is 11.1. The summed E-state index contributed by atoms with van der Waals surface area (Å²) in [6.45, 7) is 10.0. The van der Waals surface area contributed by atoms with Gasteiger partial charge in [-0.3, -0.25) is 0 Å². The van der Waals surface area contributed by atoms with Crippen LogP contribution in [0.5, 0.6) is 0 Å². The zero-order valence-corrected chi connectivity index (χ0v) is 14.9. The smallest absolute Gasteiger partial charge is 0.331 e. The molecule has 0 heterocycles. The van der Waals surface area contributed by atoms with E-state index >= 15 is 0 Å². The van der Waals surface area contributed by atoms with Gasteiger partial charge in [0.05, 0.1) is 6.10 Å². The predicted octanol–water partition coefficient (Wildman–Crippen LogP) is 4.05. The molecule has 3 heteroatoms. The fourth-order valence-electron chi connectivity index (χ4n) is 4.35. The van der Waals surface area contributed by atoms with E-state index in [4.69, 9.17) is 5.11 Å². The lowest BCUT2D eigenvalue weighted by Gasteiger charge is -2.48. The molecule has 0 spiro atoms. The number of fused-ring (bicyclic) bond motifs is 1. The average Bonchev–Trinajstić information content (AvgIpc) is 2.51. The lowest BCUT2D eigenvalue weighted by atomic mass is 9.58. The zero-order chi connectivity index (χ0) is 17.3. The lowest BCUT2D eigenvalue weighted by Crippen LogP contribution is -2.46. The number of aliphatic carboxylic acids is 1. The molecule has 2 aliphatic carbocycles. The van der Waals surface area contributed by atoms with Crippen LogP contribution in [0.1, 0.15) is 41.0 Å². The molecule has 2 rings (SSSR count). The van der Waals surface area contributed by atoms with Crippen molar-refractivity contribution in [2.75, 3.05) is 0 Å². The molecule has 0 aromatic rings. The Hall–Kier alpha value is -1.35. The number of rotatable bonds is 3. The number of carbonyl (C=O) groups is 1. The highest BCUT2D eigenvalue weighted by Crippen LogP contribution is 2.48. The Morgan fingerprint density at radius 1 is 1.17 bits per heavy atom. The molecule has 23 heavy (non-hydrogen) atoms. The number of hydrogen-bond donors (Lipinski definition) is 2. The van der Waals surface area contributed by atoms with Crippen molar-refractivity contribution in [3.63, 3.8) is 0 Å². The van der Waals surface area contributed by atoms with Crippen LogP contribution in [-0.2, 0) is 4.79 Å². The van der Waals surface area contributed by atoms with Gasteiger partial charge >= 0.3 is 5.97 Å². The second-order valence-corrected chi connectivity index (χ2v) is 7.60. The van der Waals surface area contributed by atoms with E-state index in [0.717, 1.165) is 12.0 Å². The number of aliphatic hydroxyl groups excluding tert-OH is 1. The van der Waals surface area contributed by atoms with Crippen LogP contribution in [-0.4, -0.2) is 22.3 Å². The molecular formula is C20H30O3. The first-order valence-electron chi connectivity index (χ1n) is 8.69. The first-order chi connectivity index (χ1) is 10.7. The number of allylic oxidation sites excluding steroid dienone is 5. The summed E-state index contributed by atoms with van der Waals surface area (Å²) in [5.74, 6) is 1.43. The predicted molar refractivity (Wildman–Crippen MR) is 92.9 cm³/mol. The van der Waals surface area contributed by atoms with Crippen LogP contribution in [0.25, 0.3) is 0 Å². The van der Waals surface area contributed by atoms with Gasteiger partial charge in [-0.2, -0.15) is 0 Å². The molecule has 128 valence electrons. The van der Waals surface area contributed by atoms with E-state index in [1.165, 1.54) is 0 Å². The molecule has 0 aromatic carbocycles. The van der Waals surface area contributed by atoms with E-state index in [0.29, 0.717) is 35.2 Å². The summed E-state index contributed by atoms with van der Waals surface area (Å²) in [4.78, 5) is 11.1. The van der Waals surface area contributed by atoms with Gasteiger partial charge < -0.3 is 10.2 Å². The number of carboxylic acids is 1. The van der Waals surface area contributed by atoms with Gasteiger partial charge in [-0.25, -0.2) is 4.79 Å². The number of aliphatic hydroxyl groups is 1. The van der Waals surface area contributed by atoms with Gasteiger partial charge in [0.15, 0.2) is 0 Å². The van der Waals surface area contributed by atoms with Crippen molar-refractivity contribution in [2.24, 2.45) is 35.5 Å². The Bertz CT molecular complexity index is 543. The minimum absolute atomic E-state index is 0.247. The fraction of sp³-hybridized carbons (Fsp3) is 0.650. The van der Waals surface area contributed by atoms with Gasteiger partial charge in [0.1, 0.15) is 0 Å². The van der Waals surface area contributed by atoms with Gasteiger partial charge in [0.2, 0.25) is 0 Å². The van der Waals surface area contributed by atoms with Crippen LogP contribution in [0, 0.1) is 35.5 Å². The van der Waals surface area contributed by atoms with Gasteiger partial charge in [0.25, 0.3) is 0 Å². The van der Waals surface area contributed by atoms with Gasteiger partial charge in [-0.1, -0.05) is 45.1 Å². The molecule has 3 nitrogen and oxygen atoms in total. The Morgan fingerprint density at radius 2 is 1.83 bits per heavy atom. The second kappa shape index (κ2) is 7.04. The van der Waals surface area contributed by atoms with E-state index < -0.39 is 5.97 Å². The fourth-order valence-corrected chi connectivity index (χ4v) is 4.35. The molecule has 0 amide bonds. The maximum absolute atomic E-state index is 11.1. The Labute approximate surface area is 139 Å². The van der Waals surface area contributed by atoms with Gasteiger partial charge in [-0.15, -0.1) is 0 Å². The van der Waals surface area contributed by atoms with E-state index in [-0.39, 0.29) is 12.0 Å². The standard InChI is InChI=1S/C20H30O3/c1-11(14(4)20(22)23)7-9-17-12(2)6-8-16-10-13(3)19(21)15(5)18(16)17/h6-9,12-13,15-19,21H,10H2,1-5H3,(H,22,23)/t12-,13+,15-,16-,17-,18-,19-/m0/s1. The maximum Gasteiger partial charge on any atom is 0.331 e. The van der Waals surface area contributed by atoms with Gasteiger partial charge in [0, 0.05) is 5.57 Å². The molecule has 0 unspecified atom stereocenters. The zero-order valence-electron chi connectivity index (χ0n) is 14.9. The van der Waals surface area contributed by atoms with Crippen molar-refractivity contribution < 1.29 is 15.0 Å². The van der Waals surface area contributed by atoms with Crippen molar-refractivity contribution in [1.82, 2.24) is 0 Å². The van der Waals surface area contributed by atoms with Crippen molar-refractivity contribution in [3.05, 3.63) is 35.5 Å². The van der Waals surface area contributed by atoms with Crippen LogP contribution in [0.15, 0.2) is 35.5 Å². The highest BCUT2D eigenvalue weighted by Gasteiger charge is 2.44. The Balaban J connectivity index is 2.28. The molecule has 0 radical (unpaired) electrons. The van der Waals surface area contributed by atoms with Crippen LogP contribution in [0.3, 0.4) is 0 Å². The van der Waals surface area contributed by atoms with E-state index in [2.05, 4.69) is 39.0 Å². The third-order valence-corrected chi connectivity index (χ3v) is 6.06. The number of hydrogen-bond acceptors (Lipinski definition) is 2. The summed E-state index contributed by atoms with van der Waals surface area (Å²) in [6, 6.07) is 0. The summed E-state index contributed by atoms with van der Waals surface area (Å²) in [7, 11) is 0. The van der Waals surface area contributed by atoms with E-state index in [1.807, 2.05) is 13.0 Å². The average molecular weight is 318 g/mol. The van der Waals surface area contributed by atoms with Crippen LogP contribution < -0.4 is 0 Å². The molecule has 2 N–H and O–H groups in total. The molecule has 7 atom stereocenters. The monoisotopic (exact) mass is 318 g/mol. The van der Waals surface area contributed by atoms with Crippen molar-refractivity contribution in [2.45, 2.75) is 47.1 Å². The van der Waals surface area contributed by atoms with Crippen LogP contribution in [0.4, 0.5) is 0 Å². The normalized spacial score (nSPS) is 41.6. The summed E-state index contributed by atoms with van der Waals surface area (Å²) in [5, 5.41) is 19.6. The third-order valence-electron chi connectivity index (χ3n) is 6.06. The quantitative estimate of drug-likeness (QED) is 0.469. The highest BCUT2D eigenvalue weighted by molar-refractivity contribution is 5.87. The second-order valence-electron chi connectivity index (χ2n) is 7.60. The highest BCUT2D eigenvalue weighted by atomic mass is 16.4. The molecule has 0 saturated heterocycles. The molecule has 0 bridgehead atoms. The molecule has 1 saturated carbocycles. The summed E-state index contributed by atoms with van der Waals surface area (Å²) >= 11 is 0. The third kappa shape index (κ3) is 3.60. The lowest BCUT2D eigenvalue weighted by molar-refractivity contribution is -0.132. The molecule has 0 aliphatic heterocycles. The summed E-state index contributed by atoms with van der Waals surface area (Å²) < 4.78 is 0. The minimum atomic E-state index is -0.864. The number of carboxylic acid groups (broad SMARTS) is 1.